The van der Waals surface area contributed by atoms with Gasteiger partial charge >= 0.3 is 0 Å². The van der Waals surface area contributed by atoms with Gasteiger partial charge in [0.15, 0.2) is 0 Å². The van der Waals surface area contributed by atoms with E-state index in [0.29, 0.717) is 17.2 Å². The number of likely N-dealkylation sites (tertiary alicyclic amines) is 1. The second kappa shape index (κ2) is 5.58. The fourth-order valence-corrected chi connectivity index (χ4v) is 5.26. The lowest BCUT2D eigenvalue weighted by Crippen LogP contribution is -2.52. The minimum Gasteiger partial charge on any atom is -0.508 e. The topological polar surface area (TPSA) is 39.3 Å². The zero-order valence-corrected chi connectivity index (χ0v) is 14.9. The summed E-state index contributed by atoms with van der Waals surface area (Å²) < 4.78 is 14.3. The summed E-state index contributed by atoms with van der Waals surface area (Å²) in [7, 11) is 2.18. The molecule has 2 heterocycles. The monoisotopic (exact) mass is 350 g/mol. The Morgan fingerprint density at radius 2 is 2.08 bits per heavy atom. The number of benzene rings is 2. The molecule has 1 aliphatic heterocycles. The number of rotatable bonds is 1. The fourth-order valence-electron chi connectivity index (χ4n) is 5.26. The van der Waals surface area contributed by atoms with Gasteiger partial charge in [-0.3, -0.25) is 0 Å². The first kappa shape index (κ1) is 15.9. The second-order valence-corrected chi connectivity index (χ2v) is 8.04. The molecule has 134 valence electrons. The molecule has 0 spiro atoms. The number of piperidine rings is 1. The molecule has 1 unspecified atom stereocenters. The number of nitrogens with zero attached hydrogens (tertiary/aromatic N) is 1. The van der Waals surface area contributed by atoms with Crippen molar-refractivity contribution in [1.29, 1.82) is 0 Å². The first-order valence-electron chi connectivity index (χ1n) is 9.33. The molecule has 2 aromatic carbocycles. The maximum atomic E-state index is 14.3. The molecule has 1 fully saturated rings. The Bertz CT molecular complexity index is 995. The van der Waals surface area contributed by atoms with Crippen LogP contribution in [0.2, 0.25) is 0 Å². The third-order valence-corrected chi connectivity index (χ3v) is 6.60. The standard InChI is InChI=1S/C22H23FN2O/c1-25-9-8-22(14-4-2-5-16(26)10-14)12-20-18(11-15(22)13-25)17-6-3-7-19(23)21(17)24-20/h2-7,10,15,24,26H,8-9,11-13H2,1H3/t15?,22-/m1/s1. The van der Waals surface area contributed by atoms with Crippen LogP contribution in [0.25, 0.3) is 10.9 Å². The lowest BCUT2D eigenvalue weighted by atomic mass is 9.59. The molecular formula is C22H23FN2O. The highest BCUT2D eigenvalue weighted by Crippen LogP contribution is 2.49. The number of para-hydroxylation sites is 1. The number of nitrogens with one attached hydrogen (secondary N) is 1. The Labute approximate surface area is 152 Å². The van der Waals surface area contributed by atoms with Crippen LogP contribution in [-0.2, 0) is 18.3 Å². The van der Waals surface area contributed by atoms with E-state index in [9.17, 15) is 9.50 Å². The number of aromatic nitrogens is 1. The lowest BCUT2D eigenvalue weighted by molar-refractivity contribution is 0.0994. The van der Waals surface area contributed by atoms with Crippen LogP contribution in [0.3, 0.4) is 0 Å². The van der Waals surface area contributed by atoms with E-state index in [2.05, 4.69) is 23.0 Å². The van der Waals surface area contributed by atoms with Crippen molar-refractivity contribution in [2.24, 2.45) is 5.92 Å². The number of H-pyrrole nitrogens is 1. The number of aromatic amines is 1. The number of phenolic OH excluding ortho intramolecular Hbond substituents is 1. The van der Waals surface area contributed by atoms with Crippen LogP contribution in [0.4, 0.5) is 4.39 Å². The first-order valence-corrected chi connectivity index (χ1v) is 9.33. The number of halogens is 1. The lowest BCUT2D eigenvalue weighted by Gasteiger charge is -2.50. The SMILES string of the molecule is CN1CC[C@]2(c3cccc(O)c3)Cc3[nH]c4c(F)cccc4c3CC2C1. The van der Waals surface area contributed by atoms with Gasteiger partial charge < -0.3 is 15.0 Å². The van der Waals surface area contributed by atoms with Gasteiger partial charge in [0, 0.05) is 23.0 Å². The van der Waals surface area contributed by atoms with Gasteiger partial charge in [0.2, 0.25) is 0 Å². The molecule has 0 amide bonds. The van der Waals surface area contributed by atoms with Crippen LogP contribution in [0, 0.1) is 11.7 Å². The van der Waals surface area contributed by atoms with Gasteiger partial charge in [-0.05, 0) is 68.1 Å². The maximum absolute atomic E-state index is 14.3. The van der Waals surface area contributed by atoms with Gasteiger partial charge in [0.25, 0.3) is 0 Å². The van der Waals surface area contributed by atoms with Crippen LogP contribution in [0.1, 0.15) is 23.2 Å². The van der Waals surface area contributed by atoms with Gasteiger partial charge in [-0.25, -0.2) is 4.39 Å². The summed E-state index contributed by atoms with van der Waals surface area (Å²) in [6.45, 7) is 2.06. The molecule has 26 heavy (non-hydrogen) atoms. The van der Waals surface area contributed by atoms with Crippen LogP contribution in [-0.4, -0.2) is 35.1 Å². The average molecular weight is 350 g/mol. The van der Waals surface area contributed by atoms with E-state index in [-0.39, 0.29) is 11.2 Å². The number of hydrogen-bond donors (Lipinski definition) is 2. The number of aromatic hydroxyl groups is 1. The van der Waals surface area contributed by atoms with E-state index in [1.165, 1.54) is 17.2 Å². The Kier molecular flexibility index (Phi) is 3.41. The number of phenols is 1. The Balaban J connectivity index is 1.69. The highest BCUT2D eigenvalue weighted by atomic mass is 19.1. The molecule has 0 bridgehead atoms. The zero-order valence-electron chi connectivity index (χ0n) is 14.9. The minimum absolute atomic E-state index is 0.00436. The molecule has 0 saturated carbocycles. The van der Waals surface area contributed by atoms with Crippen LogP contribution < -0.4 is 0 Å². The quantitative estimate of drug-likeness (QED) is 0.696. The molecule has 5 rings (SSSR count). The molecule has 3 nitrogen and oxygen atoms in total. The predicted octanol–water partition coefficient (Wildman–Crippen LogP) is 4.00. The summed E-state index contributed by atoms with van der Waals surface area (Å²) >= 11 is 0. The van der Waals surface area contributed by atoms with Crippen molar-refractivity contribution in [3.8, 4) is 5.75 Å². The average Bonchev–Trinajstić information content (AvgIpc) is 2.99. The van der Waals surface area contributed by atoms with Crippen LogP contribution in [0.5, 0.6) is 5.75 Å². The Morgan fingerprint density at radius 1 is 1.23 bits per heavy atom. The molecule has 0 radical (unpaired) electrons. The van der Waals surface area contributed by atoms with E-state index in [0.717, 1.165) is 43.4 Å². The van der Waals surface area contributed by atoms with Gasteiger partial charge in [0.1, 0.15) is 11.6 Å². The van der Waals surface area contributed by atoms with Crippen molar-refractivity contribution in [2.75, 3.05) is 20.1 Å². The Hall–Kier alpha value is -2.33. The van der Waals surface area contributed by atoms with Gasteiger partial charge in [0.05, 0.1) is 5.52 Å². The van der Waals surface area contributed by atoms with E-state index in [1.54, 1.807) is 12.1 Å². The molecule has 1 aromatic heterocycles. The molecule has 2 aliphatic rings. The third-order valence-electron chi connectivity index (χ3n) is 6.60. The van der Waals surface area contributed by atoms with Gasteiger partial charge in [-0.1, -0.05) is 24.3 Å². The van der Waals surface area contributed by atoms with Crippen molar-refractivity contribution in [3.05, 3.63) is 65.1 Å². The van der Waals surface area contributed by atoms with E-state index in [4.69, 9.17) is 0 Å². The Morgan fingerprint density at radius 3 is 2.92 bits per heavy atom. The smallest absolute Gasteiger partial charge is 0.147 e. The van der Waals surface area contributed by atoms with Crippen molar-refractivity contribution in [3.63, 3.8) is 0 Å². The molecule has 1 aliphatic carbocycles. The summed E-state index contributed by atoms with van der Waals surface area (Å²) in [5, 5.41) is 11.1. The van der Waals surface area contributed by atoms with E-state index in [1.807, 2.05) is 18.2 Å². The van der Waals surface area contributed by atoms with Gasteiger partial charge in [-0.15, -0.1) is 0 Å². The highest BCUT2D eigenvalue weighted by Gasteiger charge is 2.47. The molecule has 3 aromatic rings. The molecule has 4 heteroatoms. The van der Waals surface area contributed by atoms with Crippen LogP contribution >= 0.6 is 0 Å². The zero-order chi connectivity index (χ0) is 17.9. The third kappa shape index (κ3) is 2.21. The first-order chi connectivity index (χ1) is 12.6. The van der Waals surface area contributed by atoms with E-state index >= 15 is 0 Å². The van der Waals surface area contributed by atoms with E-state index < -0.39 is 0 Å². The van der Waals surface area contributed by atoms with Crippen molar-refractivity contribution in [2.45, 2.75) is 24.7 Å². The van der Waals surface area contributed by atoms with Crippen molar-refractivity contribution >= 4 is 10.9 Å². The second-order valence-electron chi connectivity index (χ2n) is 8.04. The van der Waals surface area contributed by atoms with Gasteiger partial charge in [-0.2, -0.15) is 0 Å². The fraction of sp³-hybridized carbons (Fsp3) is 0.364. The normalized spacial score (nSPS) is 25.8. The summed E-state index contributed by atoms with van der Waals surface area (Å²) in [5.41, 5.74) is 4.27. The number of fused-ring (bicyclic) bond motifs is 4. The summed E-state index contributed by atoms with van der Waals surface area (Å²) in [4.78, 5) is 5.78. The molecule has 1 saturated heterocycles. The largest absolute Gasteiger partial charge is 0.508 e. The molecular weight excluding hydrogens is 327 g/mol. The van der Waals surface area contributed by atoms with Crippen LogP contribution in [0.15, 0.2) is 42.5 Å². The molecule has 2 N–H and O–H groups in total. The summed E-state index contributed by atoms with van der Waals surface area (Å²) in [5.74, 6) is 0.601. The molecule has 2 atom stereocenters. The number of hydrogen-bond acceptors (Lipinski definition) is 2. The van der Waals surface area contributed by atoms with Crippen molar-refractivity contribution < 1.29 is 9.50 Å². The minimum atomic E-state index is -0.177. The highest BCUT2D eigenvalue weighted by molar-refractivity contribution is 5.85. The van der Waals surface area contributed by atoms with Crippen molar-refractivity contribution in [1.82, 2.24) is 9.88 Å². The predicted molar refractivity (Wildman–Crippen MR) is 101 cm³/mol. The maximum Gasteiger partial charge on any atom is 0.147 e. The summed E-state index contributed by atoms with van der Waals surface area (Å²) in [6, 6.07) is 13.1. The summed E-state index contributed by atoms with van der Waals surface area (Å²) in [6.07, 6.45) is 2.87.